The second kappa shape index (κ2) is 8.65. The van der Waals surface area contributed by atoms with Gasteiger partial charge in [0.15, 0.2) is 11.6 Å². The molecule has 2 heterocycles. The van der Waals surface area contributed by atoms with E-state index in [1.807, 2.05) is 13.0 Å². The quantitative estimate of drug-likeness (QED) is 0.671. The first-order valence-electron chi connectivity index (χ1n) is 10.3. The van der Waals surface area contributed by atoms with E-state index in [-0.39, 0.29) is 17.1 Å². The van der Waals surface area contributed by atoms with Crippen molar-refractivity contribution in [1.82, 2.24) is 14.9 Å². The van der Waals surface area contributed by atoms with Gasteiger partial charge in [-0.25, -0.2) is 14.4 Å². The Hall–Kier alpha value is -2.58. The van der Waals surface area contributed by atoms with Gasteiger partial charge in [0.05, 0.1) is 18.0 Å². The standard InChI is InChI=1S/C22H28FN5O2/c1-22(5-6-22)30-19-13-16(3-4-17(19)23)21(24)18-14-20(26-15-25-18)28-9-7-27(8-10-28)11-12-29-2/h3-4,13-15,24H,5-12H2,1-2H3. The smallest absolute Gasteiger partial charge is 0.165 e. The Morgan fingerprint density at radius 1 is 1.17 bits per heavy atom. The molecule has 0 atom stereocenters. The number of nitrogens with one attached hydrogen (secondary N) is 1. The number of rotatable bonds is 8. The van der Waals surface area contributed by atoms with Crippen LogP contribution in [-0.4, -0.2) is 72.6 Å². The van der Waals surface area contributed by atoms with Gasteiger partial charge < -0.3 is 14.4 Å². The van der Waals surface area contributed by atoms with Crippen molar-refractivity contribution in [2.24, 2.45) is 0 Å². The molecule has 4 rings (SSSR count). The van der Waals surface area contributed by atoms with Gasteiger partial charge in [-0.2, -0.15) is 0 Å². The minimum Gasteiger partial charge on any atom is -0.484 e. The normalized spacial score (nSPS) is 18.3. The van der Waals surface area contributed by atoms with E-state index in [0.717, 1.165) is 58.0 Å². The maximum atomic E-state index is 14.2. The van der Waals surface area contributed by atoms with Crippen LogP contribution in [0, 0.1) is 11.2 Å². The summed E-state index contributed by atoms with van der Waals surface area (Å²) in [5.74, 6) is 0.591. The van der Waals surface area contributed by atoms with Gasteiger partial charge in [0.25, 0.3) is 0 Å². The van der Waals surface area contributed by atoms with Gasteiger partial charge in [0.2, 0.25) is 0 Å². The summed E-state index contributed by atoms with van der Waals surface area (Å²) in [6.45, 7) is 7.24. The van der Waals surface area contributed by atoms with Gasteiger partial charge in [0, 0.05) is 51.5 Å². The third-order valence-electron chi connectivity index (χ3n) is 5.75. The van der Waals surface area contributed by atoms with Gasteiger partial charge in [0.1, 0.15) is 17.7 Å². The van der Waals surface area contributed by atoms with Crippen LogP contribution in [-0.2, 0) is 4.74 Å². The van der Waals surface area contributed by atoms with Crippen molar-refractivity contribution < 1.29 is 13.9 Å². The summed E-state index contributed by atoms with van der Waals surface area (Å²) >= 11 is 0. The highest BCUT2D eigenvalue weighted by Crippen LogP contribution is 2.40. The predicted octanol–water partition coefficient (Wildman–Crippen LogP) is 2.73. The lowest BCUT2D eigenvalue weighted by molar-refractivity contribution is 0.144. The number of nitrogens with zero attached hydrogens (tertiary/aromatic N) is 4. The fourth-order valence-electron chi connectivity index (χ4n) is 3.51. The molecule has 1 aliphatic carbocycles. The molecule has 2 aromatic rings. The zero-order valence-corrected chi connectivity index (χ0v) is 17.5. The van der Waals surface area contributed by atoms with Crippen molar-refractivity contribution in [3.05, 3.63) is 47.7 Å². The summed E-state index contributed by atoms with van der Waals surface area (Å²) in [6.07, 6.45) is 3.33. The zero-order valence-electron chi connectivity index (χ0n) is 17.5. The molecule has 1 aliphatic heterocycles. The Bertz CT molecular complexity index is 910. The number of halogens is 1. The van der Waals surface area contributed by atoms with E-state index in [2.05, 4.69) is 19.8 Å². The lowest BCUT2D eigenvalue weighted by Gasteiger charge is -2.35. The van der Waals surface area contributed by atoms with Crippen LogP contribution >= 0.6 is 0 Å². The monoisotopic (exact) mass is 413 g/mol. The van der Waals surface area contributed by atoms with Crippen molar-refractivity contribution in [3.8, 4) is 5.75 Å². The van der Waals surface area contributed by atoms with Crippen LogP contribution in [0.5, 0.6) is 5.75 Å². The summed E-state index contributed by atoms with van der Waals surface area (Å²) in [6, 6.07) is 6.37. The molecule has 1 aromatic carbocycles. The van der Waals surface area contributed by atoms with Gasteiger partial charge in [-0.15, -0.1) is 0 Å². The van der Waals surface area contributed by atoms with Crippen molar-refractivity contribution in [2.75, 3.05) is 51.3 Å². The Labute approximate surface area is 176 Å². The average Bonchev–Trinajstić information content (AvgIpc) is 3.50. The molecule has 2 aliphatic rings. The van der Waals surface area contributed by atoms with E-state index in [9.17, 15) is 4.39 Å². The van der Waals surface area contributed by atoms with Crippen LogP contribution in [0.25, 0.3) is 0 Å². The maximum Gasteiger partial charge on any atom is 0.165 e. The SMILES string of the molecule is COCCN1CCN(c2cc(C(=N)c3ccc(F)c(OC4(C)CC4)c3)ncn2)CC1. The molecular formula is C22H28FN5O2. The summed E-state index contributed by atoms with van der Waals surface area (Å²) in [7, 11) is 1.72. The molecule has 160 valence electrons. The third-order valence-corrected chi connectivity index (χ3v) is 5.75. The first-order chi connectivity index (χ1) is 14.5. The minimum absolute atomic E-state index is 0.193. The molecule has 30 heavy (non-hydrogen) atoms. The van der Waals surface area contributed by atoms with E-state index in [4.69, 9.17) is 14.9 Å². The van der Waals surface area contributed by atoms with Crippen LogP contribution in [0.4, 0.5) is 10.2 Å². The number of aromatic nitrogens is 2. The Kier molecular flexibility index (Phi) is 5.97. The van der Waals surface area contributed by atoms with Crippen LogP contribution < -0.4 is 9.64 Å². The van der Waals surface area contributed by atoms with Crippen molar-refractivity contribution in [1.29, 1.82) is 5.41 Å². The second-order valence-corrected chi connectivity index (χ2v) is 8.16. The number of benzene rings is 1. The van der Waals surface area contributed by atoms with Gasteiger partial charge in [-0.05, 0) is 38.0 Å². The molecule has 7 nitrogen and oxygen atoms in total. The summed E-state index contributed by atoms with van der Waals surface area (Å²) in [5, 5.41) is 8.59. The highest BCUT2D eigenvalue weighted by Gasteiger charge is 2.40. The second-order valence-electron chi connectivity index (χ2n) is 8.16. The molecule has 0 radical (unpaired) electrons. The third kappa shape index (κ3) is 4.76. The molecule has 0 unspecified atom stereocenters. The zero-order chi connectivity index (χ0) is 21.1. The number of ether oxygens (including phenoxy) is 2. The fraction of sp³-hybridized carbons (Fsp3) is 0.500. The topological polar surface area (TPSA) is 74.6 Å². The number of methoxy groups -OCH3 is 1. The van der Waals surface area contributed by atoms with Crippen LogP contribution in [0.2, 0.25) is 0 Å². The highest BCUT2D eigenvalue weighted by atomic mass is 19.1. The van der Waals surface area contributed by atoms with E-state index in [1.54, 1.807) is 19.2 Å². The number of hydrogen-bond donors (Lipinski definition) is 1. The molecule has 1 N–H and O–H groups in total. The lowest BCUT2D eigenvalue weighted by Crippen LogP contribution is -2.47. The van der Waals surface area contributed by atoms with E-state index < -0.39 is 5.82 Å². The fourth-order valence-corrected chi connectivity index (χ4v) is 3.51. The molecule has 8 heteroatoms. The van der Waals surface area contributed by atoms with Crippen molar-refractivity contribution in [3.63, 3.8) is 0 Å². The largest absolute Gasteiger partial charge is 0.484 e. The highest BCUT2D eigenvalue weighted by molar-refractivity contribution is 6.10. The summed E-state index contributed by atoms with van der Waals surface area (Å²) < 4.78 is 25.1. The Morgan fingerprint density at radius 3 is 2.63 bits per heavy atom. The molecular weight excluding hydrogens is 385 g/mol. The molecule has 1 saturated carbocycles. The predicted molar refractivity (Wildman–Crippen MR) is 113 cm³/mol. The molecule has 1 saturated heterocycles. The molecule has 0 amide bonds. The molecule has 0 spiro atoms. The van der Waals surface area contributed by atoms with E-state index in [0.29, 0.717) is 11.3 Å². The van der Waals surface area contributed by atoms with Crippen LogP contribution in [0.1, 0.15) is 31.0 Å². The molecule has 0 bridgehead atoms. The lowest BCUT2D eigenvalue weighted by atomic mass is 10.1. The van der Waals surface area contributed by atoms with Gasteiger partial charge in [-0.3, -0.25) is 10.3 Å². The number of anilines is 1. The van der Waals surface area contributed by atoms with Crippen molar-refractivity contribution in [2.45, 2.75) is 25.4 Å². The van der Waals surface area contributed by atoms with Crippen molar-refractivity contribution >= 4 is 11.5 Å². The first kappa shape index (κ1) is 20.7. The summed E-state index contributed by atoms with van der Waals surface area (Å²) in [5.41, 5.74) is 1.03. The van der Waals surface area contributed by atoms with E-state index in [1.165, 1.54) is 12.4 Å². The van der Waals surface area contributed by atoms with Crippen LogP contribution in [0.3, 0.4) is 0 Å². The molecule has 2 fully saturated rings. The number of hydrogen-bond acceptors (Lipinski definition) is 7. The number of piperazine rings is 1. The Balaban J connectivity index is 1.46. The van der Waals surface area contributed by atoms with Gasteiger partial charge in [-0.1, -0.05) is 0 Å². The first-order valence-corrected chi connectivity index (χ1v) is 10.3. The maximum absolute atomic E-state index is 14.2. The summed E-state index contributed by atoms with van der Waals surface area (Å²) in [4.78, 5) is 13.3. The average molecular weight is 413 g/mol. The van der Waals surface area contributed by atoms with E-state index >= 15 is 0 Å². The molecule has 1 aromatic heterocycles. The Morgan fingerprint density at radius 2 is 1.93 bits per heavy atom. The van der Waals surface area contributed by atoms with Gasteiger partial charge >= 0.3 is 0 Å². The van der Waals surface area contributed by atoms with Crippen LogP contribution in [0.15, 0.2) is 30.6 Å². The minimum atomic E-state index is -0.408.